The van der Waals surface area contributed by atoms with Crippen molar-refractivity contribution in [2.75, 3.05) is 0 Å². The first-order valence-electron chi connectivity index (χ1n) is 8.29. The van der Waals surface area contributed by atoms with Crippen LogP contribution in [0.2, 0.25) is 0 Å². The molecule has 1 aliphatic rings. The lowest BCUT2D eigenvalue weighted by Gasteiger charge is -2.47. The monoisotopic (exact) mass is 268 g/mol. The van der Waals surface area contributed by atoms with Gasteiger partial charge in [0.15, 0.2) is 0 Å². The summed E-state index contributed by atoms with van der Waals surface area (Å²) in [5.41, 5.74) is 0.503. The lowest BCUT2D eigenvalue weighted by Crippen LogP contribution is -2.62. The van der Waals surface area contributed by atoms with E-state index in [2.05, 4.69) is 52.2 Å². The van der Waals surface area contributed by atoms with E-state index in [1.54, 1.807) is 0 Å². The molecule has 1 saturated heterocycles. The number of hydrogen-bond acceptors (Lipinski definition) is 2. The molecule has 0 aliphatic carbocycles. The molecule has 0 amide bonds. The van der Waals surface area contributed by atoms with Gasteiger partial charge in [-0.1, -0.05) is 32.6 Å². The summed E-state index contributed by atoms with van der Waals surface area (Å²) in [5, 5.41) is 7.62. The maximum Gasteiger partial charge on any atom is 0.0144 e. The van der Waals surface area contributed by atoms with Gasteiger partial charge in [-0.2, -0.15) is 0 Å². The molecule has 19 heavy (non-hydrogen) atoms. The summed E-state index contributed by atoms with van der Waals surface area (Å²) in [5.74, 6) is 0. The number of piperidine rings is 1. The lowest BCUT2D eigenvalue weighted by molar-refractivity contribution is 0.139. The molecule has 0 aromatic rings. The van der Waals surface area contributed by atoms with Crippen molar-refractivity contribution in [2.24, 2.45) is 0 Å². The number of unbranched alkanes of at least 4 members (excludes halogenated alkanes) is 3. The van der Waals surface area contributed by atoms with Crippen LogP contribution in [0.1, 0.15) is 86.5 Å². The highest BCUT2D eigenvalue weighted by atomic mass is 15.1. The molecular weight excluding hydrogens is 232 g/mol. The van der Waals surface area contributed by atoms with Crippen LogP contribution in [0.3, 0.4) is 0 Å². The van der Waals surface area contributed by atoms with Gasteiger partial charge in [0.2, 0.25) is 0 Å². The zero-order chi connectivity index (χ0) is 14.5. The van der Waals surface area contributed by atoms with Crippen LogP contribution in [0.4, 0.5) is 0 Å². The largest absolute Gasteiger partial charge is 0.311 e. The Morgan fingerprint density at radius 1 is 1.05 bits per heavy atom. The summed E-state index contributed by atoms with van der Waals surface area (Å²) in [4.78, 5) is 0. The van der Waals surface area contributed by atoms with Crippen molar-refractivity contribution in [3.05, 3.63) is 0 Å². The Morgan fingerprint density at radius 3 is 2.16 bits per heavy atom. The third-order valence-electron chi connectivity index (χ3n) is 4.20. The van der Waals surface area contributed by atoms with E-state index in [0.717, 1.165) is 0 Å². The van der Waals surface area contributed by atoms with Gasteiger partial charge in [0.1, 0.15) is 0 Å². The van der Waals surface area contributed by atoms with Gasteiger partial charge >= 0.3 is 0 Å². The summed E-state index contributed by atoms with van der Waals surface area (Å²) in [6.07, 6.45) is 9.28. The molecule has 0 aromatic carbocycles. The molecule has 0 spiro atoms. The minimum Gasteiger partial charge on any atom is -0.311 e. The van der Waals surface area contributed by atoms with Crippen molar-refractivity contribution in [1.82, 2.24) is 10.6 Å². The molecule has 1 heterocycles. The van der Waals surface area contributed by atoms with Crippen molar-refractivity contribution >= 4 is 0 Å². The first kappa shape index (κ1) is 17.0. The third-order valence-corrected chi connectivity index (χ3v) is 4.20. The van der Waals surface area contributed by atoms with E-state index < -0.39 is 0 Å². The molecule has 0 aromatic heterocycles. The fourth-order valence-electron chi connectivity index (χ4n) is 3.80. The van der Waals surface area contributed by atoms with Crippen LogP contribution in [-0.4, -0.2) is 23.2 Å². The normalized spacial score (nSPS) is 24.3. The quantitative estimate of drug-likeness (QED) is 0.675. The van der Waals surface area contributed by atoms with E-state index in [9.17, 15) is 0 Å². The fraction of sp³-hybridized carbons (Fsp3) is 1.00. The summed E-state index contributed by atoms with van der Waals surface area (Å²) >= 11 is 0. The summed E-state index contributed by atoms with van der Waals surface area (Å²) in [6, 6.07) is 1.32. The Morgan fingerprint density at radius 2 is 1.63 bits per heavy atom. The molecule has 0 saturated carbocycles. The highest BCUT2D eigenvalue weighted by Crippen LogP contribution is 2.28. The number of rotatable bonds is 7. The standard InChI is InChI=1S/C17H36N2/c1-7-8-9-10-11-14(2)18-15-12-16(3,4)19-17(5,6)13-15/h14-15,18-19H,7-13H2,1-6H3. The highest BCUT2D eigenvalue weighted by molar-refractivity contribution is 4.99. The molecule has 1 aliphatic heterocycles. The van der Waals surface area contributed by atoms with E-state index in [0.29, 0.717) is 12.1 Å². The second-order valence-corrected chi connectivity index (χ2v) is 7.91. The van der Waals surface area contributed by atoms with Crippen LogP contribution in [-0.2, 0) is 0 Å². The molecule has 0 radical (unpaired) electrons. The zero-order valence-electron chi connectivity index (χ0n) is 14.1. The van der Waals surface area contributed by atoms with Gasteiger partial charge < -0.3 is 10.6 Å². The van der Waals surface area contributed by atoms with Gasteiger partial charge in [0.05, 0.1) is 0 Å². The molecular formula is C17H36N2. The minimum absolute atomic E-state index is 0.251. The maximum absolute atomic E-state index is 3.87. The fourth-order valence-corrected chi connectivity index (χ4v) is 3.80. The van der Waals surface area contributed by atoms with E-state index in [1.165, 1.54) is 44.9 Å². The van der Waals surface area contributed by atoms with Crippen molar-refractivity contribution in [2.45, 2.75) is 110 Å². The average Bonchev–Trinajstić information content (AvgIpc) is 2.19. The van der Waals surface area contributed by atoms with Gasteiger partial charge in [0.25, 0.3) is 0 Å². The molecule has 1 fully saturated rings. The molecule has 2 heteroatoms. The van der Waals surface area contributed by atoms with Crippen molar-refractivity contribution in [3.8, 4) is 0 Å². The van der Waals surface area contributed by atoms with E-state index in [-0.39, 0.29) is 11.1 Å². The molecule has 1 rings (SSSR count). The summed E-state index contributed by atoms with van der Waals surface area (Å²) in [6.45, 7) is 13.9. The van der Waals surface area contributed by atoms with Crippen LogP contribution in [0.25, 0.3) is 0 Å². The first-order valence-corrected chi connectivity index (χ1v) is 8.29. The molecule has 1 atom stereocenters. The Bertz CT molecular complexity index is 242. The van der Waals surface area contributed by atoms with Gasteiger partial charge in [-0.3, -0.25) is 0 Å². The van der Waals surface area contributed by atoms with E-state index >= 15 is 0 Å². The van der Waals surface area contributed by atoms with Crippen LogP contribution in [0.15, 0.2) is 0 Å². The van der Waals surface area contributed by atoms with Crippen LogP contribution < -0.4 is 10.6 Å². The van der Waals surface area contributed by atoms with Crippen LogP contribution >= 0.6 is 0 Å². The Hall–Kier alpha value is -0.0800. The van der Waals surface area contributed by atoms with E-state index in [4.69, 9.17) is 0 Å². The molecule has 2 nitrogen and oxygen atoms in total. The van der Waals surface area contributed by atoms with Gasteiger partial charge in [0, 0.05) is 23.2 Å². The minimum atomic E-state index is 0.251. The molecule has 1 unspecified atom stereocenters. The topological polar surface area (TPSA) is 24.1 Å². The van der Waals surface area contributed by atoms with Gasteiger partial charge in [-0.15, -0.1) is 0 Å². The SMILES string of the molecule is CCCCCCC(C)NC1CC(C)(C)NC(C)(C)C1. The smallest absolute Gasteiger partial charge is 0.0144 e. The Balaban J connectivity index is 2.34. The van der Waals surface area contributed by atoms with E-state index in [1.807, 2.05) is 0 Å². The van der Waals surface area contributed by atoms with Crippen molar-refractivity contribution < 1.29 is 0 Å². The highest BCUT2D eigenvalue weighted by Gasteiger charge is 2.37. The Labute approximate surface area is 121 Å². The second kappa shape index (κ2) is 7.08. The van der Waals surface area contributed by atoms with Crippen molar-refractivity contribution in [1.29, 1.82) is 0 Å². The molecule has 0 bridgehead atoms. The second-order valence-electron chi connectivity index (χ2n) is 7.91. The average molecular weight is 268 g/mol. The first-order chi connectivity index (χ1) is 8.74. The van der Waals surface area contributed by atoms with Crippen LogP contribution in [0, 0.1) is 0 Å². The Kier molecular flexibility index (Phi) is 6.32. The summed E-state index contributed by atoms with van der Waals surface area (Å²) in [7, 11) is 0. The molecule has 2 N–H and O–H groups in total. The number of hydrogen-bond donors (Lipinski definition) is 2. The van der Waals surface area contributed by atoms with Crippen LogP contribution in [0.5, 0.6) is 0 Å². The summed E-state index contributed by atoms with van der Waals surface area (Å²) < 4.78 is 0. The predicted octanol–water partition coefficient (Wildman–Crippen LogP) is 4.24. The number of nitrogens with one attached hydrogen (secondary N) is 2. The maximum atomic E-state index is 3.87. The van der Waals surface area contributed by atoms with Gasteiger partial charge in [-0.25, -0.2) is 0 Å². The zero-order valence-corrected chi connectivity index (χ0v) is 14.1. The van der Waals surface area contributed by atoms with Gasteiger partial charge in [-0.05, 0) is 53.9 Å². The predicted molar refractivity (Wildman–Crippen MR) is 85.7 cm³/mol. The third kappa shape index (κ3) is 6.76. The van der Waals surface area contributed by atoms with Crippen molar-refractivity contribution in [3.63, 3.8) is 0 Å². The molecule has 114 valence electrons. The lowest BCUT2D eigenvalue weighted by atomic mass is 9.79.